The molecular formula is C13H20N2O5S. The molecule has 0 amide bonds. The molecule has 0 saturated carbocycles. The molecule has 0 radical (unpaired) electrons. The van der Waals surface area contributed by atoms with Crippen LogP contribution in [0.2, 0.25) is 0 Å². The van der Waals surface area contributed by atoms with E-state index in [1.54, 1.807) is 13.8 Å². The molecular weight excluding hydrogens is 296 g/mol. The topological polar surface area (TPSA) is 110 Å². The van der Waals surface area contributed by atoms with Gasteiger partial charge in [-0.2, -0.15) is 0 Å². The van der Waals surface area contributed by atoms with Gasteiger partial charge in [0, 0.05) is 25.3 Å². The molecule has 118 valence electrons. The first-order valence-electron chi connectivity index (χ1n) is 6.65. The van der Waals surface area contributed by atoms with Gasteiger partial charge in [-0.25, -0.2) is 13.1 Å². The summed E-state index contributed by atoms with van der Waals surface area (Å²) in [7, 11) is -3.77. The molecule has 0 aromatic heterocycles. The van der Waals surface area contributed by atoms with E-state index >= 15 is 0 Å². The normalized spacial score (nSPS) is 11.6. The maximum absolute atomic E-state index is 12.2. The maximum atomic E-state index is 12.2. The van der Waals surface area contributed by atoms with Crippen molar-refractivity contribution in [3.8, 4) is 0 Å². The van der Waals surface area contributed by atoms with Crippen molar-refractivity contribution in [3.63, 3.8) is 0 Å². The highest BCUT2D eigenvalue weighted by molar-refractivity contribution is 7.89. The van der Waals surface area contributed by atoms with Crippen molar-refractivity contribution in [2.45, 2.75) is 38.0 Å². The maximum Gasteiger partial charge on any atom is 0.271 e. The highest BCUT2D eigenvalue weighted by Crippen LogP contribution is 2.25. The molecule has 7 nitrogen and oxygen atoms in total. The number of sulfonamides is 1. The summed E-state index contributed by atoms with van der Waals surface area (Å²) in [6.45, 7) is 3.58. The molecule has 0 heterocycles. The minimum absolute atomic E-state index is 0.0589. The predicted molar refractivity (Wildman–Crippen MR) is 78.7 cm³/mol. The Morgan fingerprint density at radius 3 is 2.48 bits per heavy atom. The van der Waals surface area contributed by atoms with Gasteiger partial charge in [0.15, 0.2) is 0 Å². The van der Waals surface area contributed by atoms with E-state index in [0.29, 0.717) is 30.4 Å². The summed E-state index contributed by atoms with van der Waals surface area (Å²) >= 11 is 0. The van der Waals surface area contributed by atoms with Crippen LogP contribution >= 0.6 is 0 Å². The van der Waals surface area contributed by atoms with Gasteiger partial charge in [0.25, 0.3) is 5.69 Å². The van der Waals surface area contributed by atoms with Gasteiger partial charge in [-0.1, -0.05) is 0 Å². The van der Waals surface area contributed by atoms with E-state index in [2.05, 4.69) is 4.72 Å². The second-order valence-electron chi connectivity index (χ2n) is 4.82. The van der Waals surface area contributed by atoms with Gasteiger partial charge in [0.05, 0.1) is 9.82 Å². The molecule has 8 heteroatoms. The number of benzene rings is 1. The van der Waals surface area contributed by atoms with E-state index < -0.39 is 14.9 Å². The van der Waals surface area contributed by atoms with Gasteiger partial charge >= 0.3 is 0 Å². The van der Waals surface area contributed by atoms with Gasteiger partial charge in [-0.3, -0.25) is 10.1 Å². The summed E-state index contributed by atoms with van der Waals surface area (Å²) < 4.78 is 26.9. The molecule has 0 fully saturated rings. The Morgan fingerprint density at radius 2 is 1.90 bits per heavy atom. The number of nitro groups is 1. The molecule has 1 aromatic carbocycles. The Bertz CT molecular complexity index is 613. The van der Waals surface area contributed by atoms with E-state index in [4.69, 9.17) is 5.11 Å². The van der Waals surface area contributed by atoms with E-state index in [1.807, 2.05) is 0 Å². The highest BCUT2D eigenvalue weighted by Gasteiger charge is 2.21. The minimum atomic E-state index is -3.77. The standard InChI is InChI=1S/C13H20N2O5S/c1-10-8-12(15(17)18)9-13(11(10)2)21(19,20)14-6-4-3-5-7-16/h8-9,14,16H,3-7H2,1-2H3. The third-order valence-corrected chi connectivity index (χ3v) is 4.82. The van der Waals surface area contributed by atoms with Crippen LogP contribution in [0.3, 0.4) is 0 Å². The first-order chi connectivity index (χ1) is 9.79. The molecule has 0 aliphatic carbocycles. The molecule has 0 unspecified atom stereocenters. The SMILES string of the molecule is Cc1cc([N+](=O)[O-])cc(S(=O)(=O)NCCCCCO)c1C. The monoisotopic (exact) mass is 316 g/mol. The van der Waals surface area contributed by atoms with Gasteiger partial charge in [0.1, 0.15) is 0 Å². The lowest BCUT2D eigenvalue weighted by Gasteiger charge is -2.11. The number of aryl methyl sites for hydroxylation is 1. The lowest BCUT2D eigenvalue weighted by molar-refractivity contribution is -0.385. The lowest BCUT2D eigenvalue weighted by atomic mass is 10.1. The van der Waals surface area contributed by atoms with Crippen LogP contribution in [-0.2, 0) is 10.0 Å². The molecule has 0 bridgehead atoms. The van der Waals surface area contributed by atoms with E-state index in [-0.39, 0.29) is 23.7 Å². The number of nitrogens with one attached hydrogen (secondary N) is 1. The predicted octanol–water partition coefficient (Wildman–Crippen LogP) is 1.65. The molecule has 0 aliphatic rings. The van der Waals surface area contributed by atoms with E-state index in [1.165, 1.54) is 6.07 Å². The zero-order valence-electron chi connectivity index (χ0n) is 12.1. The van der Waals surface area contributed by atoms with Crippen molar-refractivity contribution < 1.29 is 18.4 Å². The molecule has 1 rings (SSSR count). The van der Waals surface area contributed by atoms with Gasteiger partial charge in [0.2, 0.25) is 10.0 Å². The third-order valence-electron chi connectivity index (χ3n) is 3.23. The minimum Gasteiger partial charge on any atom is -0.396 e. The second-order valence-corrected chi connectivity index (χ2v) is 6.56. The summed E-state index contributed by atoms with van der Waals surface area (Å²) in [5, 5.41) is 19.5. The van der Waals surface area contributed by atoms with Crippen LogP contribution in [0.5, 0.6) is 0 Å². The molecule has 1 aromatic rings. The fourth-order valence-electron chi connectivity index (χ4n) is 1.89. The van der Waals surface area contributed by atoms with Crippen LogP contribution in [0, 0.1) is 24.0 Å². The van der Waals surface area contributed by atoms with Crippen molar-refractivity contribution in [1.29, 1.82) is 0 Å². The Labute approximate surface area is 124 Å². The number of hydrogen-bond donors (Lipinski definition) is 2. The zero-order chi connectivity index (χ0) is 16.0. The van der Waals surface area contributed by atoms with Crippen molar-refractivity contribution in [3.05, 3.63) is 33.4 Å². The average Bonchev–Trinajstić information content (AvgIpc) is 2.40. The highest BCUT2D eigenvalue weighted by atomic mass is 32.2. The molecule has 0 spiro atoms. The third kappa shape index (κ3) is 4.76. The number of non-ortho nitro benzene ring substituents is 1. The Hall–Kier alpha value is -1.51. The van der Waals surface area contributed by atoms with Crippen molar-refractivity contribution >= 4 is 15.7 Å². The number of nitro benzene ring substituents is 1. The van der Waals surface area contributed by atoms with Gasteiger partial charge in [-0.15, -0.1) is 0 Å². The molecule has 0 saturated heterocycles. The second kappa shape index (κ2) is 7.48. The van der Waals surface area contributed by atoms with Gasteiger partial charge in [-0.05, 0) is 44.2 Å². The Morgan fingerprint density at radius 1 is 1.24 bits per heavy atom. The average molecular weight is 316 g/mol. The van der Waals surface area contributed by atoms with Crippen LogP contribution in [0.15, 0.2) is 17.0 Å². The van der Waals surface area contributed by atoms with Crippen LogP contribution in [-0.4, -0.2) is 31.6 Å². The summed E-state index contributed by atoms with van der Waals surface area (Å²) in [6, 6.07) is 2.44. The summed E-state index contributed by atoms with van der Waals surface area (Å²) in [5.74, 6) is 0. The number of aliphatic hydroxyl groups is 1. The van der Waals surface area contributed by atoms with Crippen molar-refractivity contribution in [2.75, 3.05) is 13.2 Å². The summed E-state index contributed by atoms with van der Waals surface area (Å²) in [5.41, 5.74) is 0.826. The molecule has 0 aliphatic heterocycles. The number of aliphatic hydroxyl groups excluding tert-OH is 1. The van der Waals surface area contributed by atoms with Crippen LogP contribution < -0.4 is 4.72 Å². The number of unbranched alkanes of at least 4 members (excludes halogenated alkanes) is 2. The largest absolute Gasteiger partial charge is 0.396 e. The van der Waals surface area contributed by atoms with E-state index in [9.17, 15) is 18.5 Å². The van der Waals surface area contributed by atoms with Gasteiger partial charge < -0.3 is 5.11 Å². The van der Waals surface area contributed by atoms with Crippen molar-refractivity contribution in [2.24, 2.45) is 0 Å². The Balaban J connectivity index is 2.94. The fourth-order valence-corrected chi connectivity index (χ4v) is 3.30. The van der Waals surface area contributed by atoms with Crippen LogP contribution in [0.1, 0.15) is 30.4 Å². The van der Waals surface area contributed by atoms with Crippen LogP contribution in [0.4, 0.5) is 5.69 Å². The first kappa shape index (κ1) is 17.5. The van der Waals surface area contributed by atoms with Crippen molar-refractivity contribution in [1.82, 2.24) is 4.72 Å². The zero-order valence-corrected chi connectivity index (χ0v) is 12.9. The number of rotatable bonds is 8. The number of hydrogen-bond acceptors (Lipinski definition) is 5. The molecule has 0 atom stereocenters. The Kier molecular flexibility index (Phi) is 6.25. The molecule has 2 N–H and O–H groups in total. The van der Waals surface area contributed by atoms with E-state index in [0.717, 1.165) is 6.07 Å². The molecule has 21 heavy (non-hydrogen) atoms. The summed E-state index contributed by atoms with van der Waals surface area (Å²) in [4.78, 5) is 10.2. The lowest BCUT2D eigenvalue weighted by Crippen LogP contribution is -2.25. The summed E-state index contributed by atoms with van der Waals surface area (Å²) in [6.07, 6.45) is 1.94. The fraction of sp³-hybridized carbons (Fsp3) is 0.538. The first-order valence-corrected chi connectivity index (χ1v) is 8.14. The smallest absolute Gasteiger partial charge is 0.271 e. The van der Waals surface area contributed by atoms with Crippen LogP contribution in [0.25, 0.3) is 0 Å². The quantitative estimate of drug-likeness (QED) is 0.430. The number of nitrogens with zero attached hydrogens (tertiary/aromatic N) is 1.